The Hall–Kier alpha value is -3.08. The molecule has 1 N–H and O–H groups in total. The van der Waals surface area contributed by atoms with Gasteiger partial charge in [-0.15, -0.1) is 0 Å². The highest BCUT2D eigenvalue weighted by atomic mass is 16.5. The van der Waals surface area contributed by atoms with E-state index in [9.17, 15) is 4.79 Å². The summed E-state index contributed by atoms with van der Waals surface area (Å²) in [6, 6.07) is 14.8. The summed E-state index contributed by atoms with van der Waals surface area (Å²) in [7, 11) is 0. The van der Waals surface area contributed by atoms with Gasteiger partial charge in [0.25, 0.3) is 5.91 Å². The van der Waals surface area contributed by atoms with Gasteiger partial charge in [0.1, 0.15) is 18.1 Å². The molecule has 0 saturated heterocycles. The molecule has 5 heteroatoms. The SMILES string of the molecule is CC(C)(C)c1ccc(OCc2ccc(C(=O)Nc3ccncc3)o2)cc1. The van der Waals surface area contributed by atoms with E-state index in [1.165, 1.54) is 5.56 Å². The Kier molecular flexibility index (Phi) is 5.07. The fraction of sp³-hybridized carbons (Fsp3) is 0.238. The summed E-state index contributed by atoms with van der Waals surface area (Å²) in [5, 5.41) is 2.75. The molecule has 0 aliphatic carbocycles. The Morgan fingerprint density at radius 2 is 1.73 bits per heavy atom. The van der Waals surface area contributed by atoms with Crippen LogP contribution in [0.3, 0.4) is 0 Å². The van der Waals surface area contributed by atoms with Crippen molar-refractivity contribution in [1.82, 2.24) is 4.98 Å². The zero-order chi connectivity index (χ0) is 18.6. The number of carbonyl (C=O) groups is 1. The molecule has 2 heterocycles. The second-order valence-electron chi connectivity index (χ2n) is 7.02. The van der Waals surface area contributed by atoms with Crippen LogP contribution in [-0.4, -0.2) is 10.9 Å². The van der Waals surface area contributed by atoms with Crippen LogP contribution in [0.2, 0.25) is 0 Å². The van der Waals surface area contributed by atoms with Crippen molar-refractivity contribution in [2.45, 2.75) is 32.8 Å². The first kappa shape index (κ1) is 17.7. The number of amides is 1. The minimum Gasteiger partial charge on any atom is -0.486 e. The van der Waals surface area contributed by atoms with Crippen molar-refractivity contribution < 1.29 is 13.9 Å². The largest absolute Gasteiger partial charge is 0.486 e. The van der Waals surface area contributed by atoms with Gasteiger partial charge in [0, 0.05) is 18.1 Å². The number of benzene rings is 1. The molecule has 26 heavy (non-hydrogen) atoms. The van der Waals surface area contributed by atoms with Gasteiger partial charge in [0.15, 0.2) is 5.76 Å². The third kappa shape index (κ3) is 4.51. The van der Waals surface area contributed by atoms with E-state index in [4.69, 9.17) is 9.15 Å². The maximum absolute atomic E-state index is 12.2. The Morgan fingerprint density at radius 1 is 1.04 bits per heavy atom. The van der Waals surface area contributed by atoms with Crippen molar-refractivity contribution in [3.8, 4) is 5.75 Å². The van der Waals surface area contributed by atoms with Crippen molar-refractivity contribution in [3.05, 3.63) is 78.0 Å². The highest BCUT2D eigenvalue weighted by Crippen LogP contribution is 2.24. The van der Waals surface area contributed by atoms with Crippen molar-refractivity contribution >= 4 is 11.6 Å². The van der Waals surface area contributed by atoms with Crippen LogP contribution in [0.5, 0.6) is 5.75 Å². The van der Waals surface area contributed by atoms with Crippen LogP contribution in [0.4, 0.5) is 5.69 Å². The number of carbonyl (C=O) groups excluding carboxylic acids is 1. The smallest absolute Gasteiger partial charge is 0.291 e. The number of nitrogens with zero attached hydrogens (tertiary/aromatic N) is 1. The van der Waals surface area contributed by atoms with Crippen molar-refractivity contribution in [1.29, 1.82) is 0 Å². The molecule has 0 bridgehead atoms. The fourth-order valence-electron chi connectivity index (χ4n) is 2.41. The van der Waals surface area contributed by atoms with Crippen LogP contribution in [0.25, 0.3) is 0 Å². The van der Waals surface area contributed by atoms with E-state index >= 15 is 0 Å². The first-order valence-corrected chi connectivity index (χ1v) is 8.45. The Bertz CT molecular complexity index is 862. The van der Waals surface area contributed by atoms with Gasteiger partial charge in [0.2, 0.25) is 0 Å². The number of pyridine rings is 1. The molecule has 3 rings (SSSR count). The topological polar surface area (TPSA) is 64.4 Å². The molecule has 1 amide bonds. The van der Waals surface area contributed by atoms with Crippen LogP contribution >= 0.6 is 0 Å². The second kappa shape index (κ2) is 7.44. The molecule has 0 fully saturated rings. The number of rotatable bonds is 5. The molecule has 0 unspecified atom stereocenters. The third-order valence-corrected chi connectivity index (χ3v) is 3.93. The molecule has 1 aromatic carbocycles. The van der Waals surface area contributed by atoms with E-state index < -0.39 is 0 Å². The zero-order valence-electron chi connectivity index (χ0n) is 15.2. The number of furan rings is 1. The molecular formula is C21H22N2O3. The normalized spacial score (nSPS) is 11.2. The van der Waals surface area contributed by atoms with E-state index in [-0.39, 0.29) is 23.7 Å². The van der Waals surface area contributed by atoms with Crippen LogP contribution < -0.4 is 10.1 Å². The van der Waals surface area contributed by atoms with Crippen LogP contribution in [0.1, 0.15) is 42.6 Å². The first-order chi connectivity index (χ1) is 12.4. The minimum absolute atomic E-state index is 0.108. The highest BCUT2D eigenvalue weighted by molar-refractivity contribution is 6.02. The summed E-state index contributed by atoms with van der Waals surface area (Å²) in [5.41, 5.74) is 2.02. The van der Waals surface area contributed by atoms with Gasteiger partial charge >= 0.3 is 0 Å². The van der Waals surface area contributed by atoms with Crippen LogP contribution in [-0.2, 0) is 12.0 Å². The second-order valence-corrected chi connectivity index (χ2v) is 7.02. The standard InChI is InChI=1S/C21H22N2O3/c1-21(2,3)15-4-6-17(7-5-15)25-14-18-8-9-19(26-18)20(24)23-16-10-12-22-13-11-16/h4-13H,14H2,1-3H3,(H,22,23,24). The van der Waals surface area contributed by atoms with Crippen molar-refractivity contribution in [2.75, 3.05) is 5.32 Å². The molecular weight excluding hydrogens is 328 g/mol. The quantitative estimate of drug-likeness (QED) is 0.717. The summed E-state index contributed by atoms with van der Waals surface area (Å²) >= 11 is 0. The molecule has 0 radical (unpaired) electrons. The van der Waals surface area contributed by atoms with E-state index in [1.807, 2.05) is 12.1 Å². The Labute approximate surface area is 153 Å². The number of anilines is 1. The maximum Gasteiger partial charge on any atom is 0.291 e. The molecule has 0 atom stereocenters. The Morgan fingerprint density at radius 3 is 2.38 bits per heavy atom. The molecule has 5 nitrogen and oxygen atoms in total. The monoisotopic (exact) mass is 350 g/mol. The third-order valence-electron chi connectivity index (χ3n) is 3.93. The molecule has 0 saturated carbocycles. The predicted octanol–water partition coefficient (Wildman–Crippen LogP) is 4.80. The lowest BCUT2D eigenvalue weighted by Gasteiger charge is -2.19. The summed E-state index contributed by atoms with van der Waals surface area (Å²) in [6.45, 7) is 6.77. The minimum atomic E-state index is -0.308. The number of nitrogens with one attached hydrogen (secondary N) is 1. The van der Waals surface area contributed by atoms with Gasteiger partial charge in [0.05, 0.1) is 0 Å². The van der Waals surface area contributed by atoms with Gasteiger partial charge in [-0.25, -0.2) is 0 Å². The van der Waals surface area contributed by atoms with E-state index in [0.717, 1.165) is 5.75 Å². The van der Waals surface area contributed by atoms with E-state index in [0.29, 0.717) is 11.4 Å². The van der Waals surface area contributed by atoms with E-state index in [1.54, 1.807) is 36.7 Å². The van der Waals surface area contributed by atoms with Crippen molar-refractivity contribution in [2.24, 2.45) is 0 Å². The lowest BCUT2D eigenvalue weighted by molar-refractivity contribution is 0.0992. The molecule has 0 aliphatic heterocycles. The van der Waals surface area contributed by atoms with Crippen LogP contribution in [0, 0.1) is 0 Å². The average molecular weight is 350 g/mol. The van der Waals surface area contributed by atoms with Gasteiger partial charge in [-0.05, 0) is 47.4 Å². The molecule has 0 aliphatic rings. The summed E-state index contributed by atoms with van der Waals surface area (Å²) in [5.74, 6) is 1.28. The highest BCUT2D eigenvalue weighted by Gasteiger charge is 2.14. The van der Waals surface area contributed by atoms with Gasteiger partial charge < -0.3 is 14.5 Å². The zero-order valence-corrected chi connectivity index (χ0v) is 15.2. The molecule has 3 aromatic rings. The van der Waals surface area contributed by atoms with Gasteiger partial charge in [-0.1, -0.05) is 32.9 Å². The summed E-state index contributed by atoms with van der Waals surface area (Å²) in [4.78, 5) is 16.1. The first-order valence-electron chi connectivity index (χ1n) is 8.45. The molecule has 2 aromatic heterocycles. The number of hydrogen-bond donors (Lipinski definition) is 1. The summed E-state index contributed by atoms with van der Waals surface area (Å²) < 4.78 is 11.3. The summed E-state index contributed by atoms with van der Waals surface area (Å²) in [6.07, 6.45) is 3.23. The van der Waals surface area contributed by atoms with Crippen molar-refractivity contribution in [3.63, 3.8) is 0 Å². The number of aromatic nitrogens is 1. The Balaban J connectivity index is 1.57. The number of ether oxygens (including phenoxy) is 1. The van der Waals surface area contributed by atoms with Crippen LogP contribution in [0.15, 0.2) is 65.3 Å². The van der Waals surface area contributed by atoms with Gasteiger partial charge in [-0.3, -0.25) is 9.78 Å². The lowest BCUT2D eigenvalue weighted by atomic mass is 9.87. The maximum atomic E-state index is 12.2. The average Bonchev–Trinajstić information content (AvgIpc) is 3.10. The lowest BCUT2D eigenvalue weighted by Crippen LogP contribution is -2.10. The molecule has 134 valence electrons. The van der Waals surface area contributed by atoms with Gasteiger partial charge in [-0.2, -0.15) is 0 Å². The fourth-order valence-corrected chi connectivity index (χ4v) is 2.41. The number of hydrogen-bond acceptors (Lipinski definition) is 4. The van der Waals surface area contributed by atoms with E-state index in [2.05, 4.69) is 43.2 Å². The predicted molar refractivity (Wildman–Crippen MR) is 100 cm³/mol. The molecule has 0 spiro atoms.